The van der Waals surface area contributed by atoms with Crippen molar-refractivity contribution in [2.45, 2.75) is 19.6 Å². The fourth-order valence-corrected chi connectivity index (χ4v) is 2.22. The van der Waals surface area contributed by atoms with Crippen molar-refractivity contribution < 1.29 is 8.42 Å². The normalized spacial score (nSPS) is 11.6. The first-order chi connectivity index (χ1) is 6.44. The lowest BCUT2D eigenvalue weighted by Gasteiger charge is -2.06. The van der Waals surface area contributed by atoms with Crippen LogP contribution < -0.4 is 5.73 Å². The largest absolute Gasteiger partial charge is 0.399 e. The number of aryl methyl sites for hydroxylation is 1. The molecule has 14 heavy (non-hydrogen) atoms. The number of rotatable bonds is 3. The third-order valence-corrected chi connectivity index (χ3v) is 3.81. The van der Waals surface area contributed by atoms with Crippen LogP contribution in [0.3, 0.4) is 0 Å². The molecule has 3 nitrogen and oxygen atoms in total. The van der Waals surface area contributed by atoms with Crippen LogP contribution >= 0.6 is 0 Å². The van der Waals surface area contributed by atoms with Crippen LogP contribution in [0.25, 0.3) is 0 Å². The first kappa shape index (κ1) is 11.0. The molecule has 0 amide bonds. The molecular formula is C10H15NO2S. The van der Waals surface area contributed by atoms with Crippen molar-refractivity contribution in [3.63, 3.8) is 0 Å². The van der Waals surface area contributed by atoms with E-state index >= 15 is 0 Å². The number of hydrogen-bond donors (Lipinski definition) is 1. The Morgan fingerprint density at radius 3 is 2.50 bits per heavy atom. The maximum absolute atomic E-state index is 11.4. The quantitative estimate of drug-likeness (QED) is 0.774. The zero-order valence-corrected chi connectivity index (χ0v) is 9.26. The maximum atomic E-state index is 11.4. The molecule has 0 saturated carbocycles. The molecule has 0 aromatic heterocycles. The molecule has 1 aromatic carbocycles. The molecule has 4 heteroatoms. The summed E-state index contributed by atoms with van der Waals surface area (Å²) in [6, 6.07) is 5.30. The van der Waals surface area contributed by atoms with E-state index in [1.165, 1.54) is 0 Å². The second kappa shape index (κ2) is 4.00. The Labute approximate surface area is 84.9 Å². The summed E-state index contributed by atoms with van der Waals surface area (Å²) < 4.78 is 22.7. The van der Waals surface area contributed by atoms with Gasteiger partial charge in [-0.1, -0.05) is 13.0 Å². The van der Waals surface area contributed by atoms with Crippen molar-refractivity contribution >= 4 is 15.5 Å². The lowest BCUT2D eigenvalue weighted by atomic mass is 10.1. The molecule has 1 aromatic rings. The van der Waals surface area contributed by atoms with Gasteiger partial charge in [0.25, 0.3) is 0 Å². The maximum Gasteiger partial charge on any atom is 0.154 e. The Hall–Kier alpha value is -1.03. The standard InChI is InChI=1S/C10H15NO2S/c1-3-14(12,13)7-9-4-5-10(11)6-8(9)2/h4-6H,3,7,11H2,1-2H3. The predicted octanol–water partition coefficient (Wildman–Crippen LogP) is 1.51. The minimum absolute atomic E-state index is 0.107. The van der Waals surface area contributed by atoms with Crippen molar-refractivity contribution in [3.8, 4) is 0 Å². The van der Waals surface area contributed by atoms with E-state index in [9.17, 15) is 8.42 Å². The SMILES string of the molecule is CCS(=O)(=O)Cc1ccc(N)cc1C. The molecule has 0 heterocycles. The van der Waals surface area contributed by atoms with Gasteiger partial charge in [0.1, 0.15) is 0 Å². The zero-order valence-electron chi connectivity index (χ0n) is 8.45. The van der Waals surface area contributed by atoms with Crippen LogP contribution in [0, 0.1) is 6.92 Å². The number of benzene rings is 1. The summed E-state index contributed by atoms with van der Waals surface area (Å²) in [7, 11) is -2.95. The van der Waals surface area contributed by atoms with E-state index in [1.54, 1.807) is 25.1 Å². The molecule has 78 valence electrons. The Bertz CT molecular complexity index is 424. The summed E-state index contributed by atoms with van der Waals surface area (Å²) in [5.41, 5.74) is 8.01. The van der Waals surface area contributed by atoms with Crippen LogP contribution in [-0.2, 0) is 15.6 Å². The average molecular weight is 213 g/mol. The fraction of sp³-hybridized carbons (Fsp3) is 0.400. The van der Waals surface area contributed by atoms with Gasteiger partial charge < -0.3 is 5.73 Å². The molecule has 0 aliphatic heterocycles. The van der Waals surface area contributed by atoms with Gasteiger partial charge in [-0.15, -0.1) is 0 Å². The third kappa shape index (κ3) is 2.73. The number of hydrogen-bond acceptors (Lipinski definition) is 3. The lowest BCUT2D eigenvalue weighted by molar-refractivity contribution is 0.596. The van der Waals surface area contributed by atoms with Crippen molar-refractivity contribution in [2.24, 2.45) is 0 Å². The first-order valence-electron chi connectivity index (χ1n) is 4.50. The fourth-order valence-electron chi connectivity index (χ4n) is 1.22. The summed E-state index contributed by atoms with van der Waals surface area (Å²) >= 11 is 0. The van der Waals surface area contributed by atoms with E-state index in [0.717, 1.165) is 11.1 Å². The van der Waals surface area contributed by atoms with Crippen LogP contribution in [0.1, 0.15) is 18.1 Å². The van der Waals surface area contributed by atoms with Gasteiger partial charge in [-0.25, -0.2) is 8.42 Å². The minimum atomic E-state index is -2.95. The zero-order chi connectivity index (χ0) is 10.8. The van der Waals surface area contributed by atoms with E-state index in [1.807, 2.05) is 6.92 Å². The molecule has 0 spiro atoms. The van der Waals surface area contributed by atoms with E-state index in [-0.39, 0.29) is 11.5 Å². The van der Waals surface area contributed by atoms with Gasteiger partial charge in [-0.2, -0.15) is 0 Å². The summed E-state index contributed by atoms with van der Waals surface area (Å²) in [5, 5.41) is 0. The molecular weight excluding hydrogens is 198 g/mol. The molecule has 0 bridgehead atoms. The second-order valence-corrected chi connectivity index (χ2v) is 5.72. The van der Waals surface area contributed by atoms with Crippen molar-refractivity contribution in [2.75, 3.05) is 11.5 Å². The van der Waals surface area contributed by atoms with Crippen LogP contribution in [0.2, 0.25) is 0 Å². The molecule has 0 saturated heterocycles. The molecule has 0 fully saturated rings. The van der Waals surface area contributed by atoms with Gasteiger partial charge in [0, 0.05) is 11.4 Å². The lowest BCUT2D eigenvalue weighted by Crippen LogP contribution is -2.07. The predicted molar refractivity (Wildman–Crippen MR) is 58.8 cm³/mol. The molecule has 0 radical (unpaired) electrons. The molecule has 2 N–H and O–H groups in total. The van der Waals surface area contributed by atoms with Crippen LogP contribution in [-0.4, -0.2) is 14.2 Å². The topological polar surface area (TPSA) is 60.2 Å². The summed E-state index contributed by atoms with van der Waals surface area (Å²) in [6.07, 6.45) is 0. The third-order valence-electron chi connectivity index (χ3n) is 2.18. The number of anilines is 1. The molecule has 0 aliphatic rings. The second-order valence-electron chi connectivity index (χ2n) is 3.36. The number of nitrogens with two attached hydrogens (primary N) is 1. The van der Waals surface area contributed by atoms with Crippen molar-refractivity contribution in [3.05, 3.63) is 29.3 Å². The van der Waals surface area contributed by atoms with Gasteiger partial charge >= 0.3 is 0 Å². The van der Waals surface area contributed by atoms with Crippen molar-refractivity contribution in [1.29, 1.82) is 0 Å². The molecule has 0 aliphatic carbocycles. The molecule has 0 atom stereocenters. The van der Waals surface area contributed by atoms with Gasteiger partial charge in [0.15, 0.2) is 9.84 Å². The van der Waals surface area contributed by atoms with Gasteiger partial charge in [0.2, 0.25) is 0 Å². The Morgan fingerprint density at radius 2 is 2.00 bits per heavy atom. The minimum Gasteiger partial charge on any atom is -0.399 e. The summed E-state index contributed by atoms with van der Waals surface area (Å²) in [6.45, 7) is 3.53. The average Bonchev–Trinajstić information content (AvgIpc) is 2.10. The van der Waals surface area contributed by atoms with Gasteiger partial charge in [-0.05, 0) is 30.2 Å². The number of nitrogen functional groups attached to an aromatic ring is 1. The number of sulfone groups is 1. The van der Waals surface area contributed by atoms with Crippen LogP contribution in [0.4, 0.5) is 5.69 Å². The monoisotopic (exact) mass is 213 g/mol. The van der Waals surface area contributed by atoms with E-state index < -0.39 is 9.84 Å². The highest BCUT2D eigenvalue weighted by Gasteiger charge is 2.10. The van der Waals surface area contributed by atoms with Crippen LogP contribution in [0.5, 0.6) is 0 Å². The highest BCUT2D eigenvalue weighted by Crippen LogP contribution is 2.15. The van der Waals surface area contributed by atoms with E-state index in [2.05, 4.69) is 0 Å². The Kier molecular flexibility index (Phi) is 3.16. The molecule has 0 unspecified atom stereocenters. The van der Waals surface area contributed by atoms with Crippen molar-refractivity contribution in [1.82, 2.24) is 0 Å². The highest BCUT2D eigenvalue weighted by molar-refractivity contribution is 7.90. The Balaban J connectivity index is 2.99. The highest BCUT2D eigenvalue weighted by atomic mass is 32.2. The van der Waals surface area contributed by atoms with Gasteiger partial charge in [-0.3, -0.25) is 0 Å². The first-order valence-corrected chi connectivity index (χ1v) is 6.32. The van der Waals surface area contributed by atoms with Crippen LogP contribution in [0.15, 0.2) is 18.2 Å². The van der Waals surface area contributed by atoms with E-state index in [4.69, 9.17) is 5.73 Å². The summed E-state index contributed by atoms with van der Waals surface area (Å²) in [4.78, 5) is 0. The molecule has 1 rings (SSSR count). The Morgan fingerprint density at radius 1 is 1.36 bits per heavy atom. The van der Waals surface area contributed by atoms with Gasteiger partial charge in [0.05, 0.1) is 5.75 Å². The van der Waals surface area contributed by atoms with E-state index in [0.29, 0.717) is 5.69 Å². The summed E-state index contributed by atoms with van der Waals surface area (Å²) in [5.74, 6) is 0.284. The smallest absolute Gasteiger partial charge is 0.154 e.